The van der Waals surface area contributed by atoms with Crippen LogP contribution in [0.4, 0.5) is 17.1 Å². The van der Waals surface area contributed by atoms with Crippen molar-refractivity contribution in [3.05, 3.63) is 160 Å². The lowest BCUT2D eigenvalue weighted by molar-refractivity contribution is 0.103. The van der Waals surface area contributed by atoms with Gasteiger partial charge in [0, 0.05) is 54.7 Å². The number of anilines is 3. The Bertz CT molecular complexity index is 2350. The van der Waals surface area contributed by atoms with Crippen molar-refractivity contribution in [1.29, 1.82) is 10.5 Å². The average Bonchev–Trinajstić information content (AvgIpc) is 3.86. The zero-order valence-corrected chi connectivity index (χ0v) is 26.2. The van der Waals surface area contributed by atoms with Gasteiger partial charge in [-0.25, -0.2) is 0 Å². The first kappa shape index (κ1) is 28.4. The summed E-state index contributed by atoms with van der Waals surface area (Å²) in [6.45, 7) is 0. The molecule has 0 amide bonds. The van der Waals surface area contributed by atoms with Crippen LogP contribution in [0.2, 0.25) is 0 Å². The number of para-hydroxylation sites is 2. The Hall–Kier alpha value is -6.12. The van der Waals surface area contributed by atoms with E-state index in [0.717, 1.165) is 42.1 Å². The maximum Gasteiger partial charge on any atom is 0.196 e. The summed E-state index contributed by atoms with van der Waals surface area (Å²) in [4.78, 5) is 32.7. The van der Waals surface area contributed by atoms with Gasteiger partial charge in [-0.15, -0.1) is 22.7 Å². The third-order valence-electron chi connectivity index (χ3n) is 8.33. The molecule has 7 heteroatoms. The fourth-order valence-electron chi connectivity index (χ4n) is 6.20. The fraction of sp³-hybridized carbons (Fsp3) is 0. The molecule has 5 nitrogen and oxygen atoms in total. The van der Waals surface area contributed by atoms with Crippen molar-refractivity contribution in [3.8, 4) is 32.3 Å². The molecule has 2 aliphatic rings. The predicted molar refractivity (Wildman–Crippen MR) is 188 cm³/mol. The van der Waals surface area contributed by atoms with Gasteiger partial charge in [0.1, 0.15) is 17.7 Å². The monoisotopic (exact) mass is 639 g/mol. The van der Waals surface area contributed by atoms with Crippen molar-refractivity contribution in [2.75, 3.05) is 4.90 Å². The van der Waals surface area contributed by atoms with E-state index in [1.165, 1.54) is 11.3 Å². The minimum atomic E-state index is -0.237. The molecule has 2 heterocycles. The van der Waals surface area contributed by atoms with Gasteiger partial charge in [0.05, 0.1) is 9.75 Å². The molecule has 220 valence electrons. The summed E-state index contributed by atoms with van der Waals surface area (Å²) in [5, 5.41) is 19.3. The van der Waals surface area contributed by atoms with E-state index in [1.807, 2.05) is 60.7 Å². The molecule has 0 saturated carbocycles. The summed E-state index contributed by atoms with van der Waals surface area (Å²) >= 11 is 3.02. The molecule has 2 aromatic heterocycles. The van der Waals surface area contributed by atoms with Gasteiger partial charge in [0.15, 0.2) is 11.6 Å². The number of fused-ring (bicyclic) bond motifs is 4. The summed E-state index contributed by atoms with van der Waals surface area (Å²) in [6, 6.07) is 43.5. The number of ketones is 2. The zero-order chi connectivity index (χ0) is 32.1. The molecule has 0 N–H and O–H groups in total. The van der Waals surface area contributed by atoms with E-state index in [2.05, 4.69) is 53.4 Å². The van der Waals surface area contributed by atoms with Gasteiger partial charge in [-0.05, 0) is 65.7 Å². The number of carbonyl (C=O) groups is 2. The Labute approximate surface area is 278 Å². The molecule has 2 aliphatic carbocycles. The lowest BCUT2D eigenvalue weighted by atomic mass is 9.99. The van der Waals surface area contributed by atoms with Crippen LogP contribution in [0.3, 0.4) is 0 Å². The second kappa shape index (κ2) is 11.3. The van der Waals surface area contributed by atoms with Crippen molar-refractivity contribution >= 4 is 63.0 Å². The second-order valence-electron chi connectivity index (χ2n) is 11.0. The highest BCUT2D eigenvalue weighted by Crippen LogP contribution is 2.50. The number of hydrogen-bond donors (Lipinski definition) is 0. The fourth-order valence-corrected chi connectivity index (χ4v) is 8.62. The van der Waals surface area contributed by atoms with E-state index in [4.69, 9.17) is 0 Å². The summed E-state index contributed by atoms with van der Waals surface area (Å²) in [6.07, 6.45) is 1.71. The molecule has 6 aromatic rings. The molecule has 4 aromatic carbocycles. The maximum atomic E-state index is 13.6. The summed E-state index contributed by atoms with van der Waals surface area (Å²) < 4.78 is 0. The van der Waals surface area contributed by atoms with Gasteiger partial charge < -0.3 is 4.90 Å². The quantitative estimate of drug-likeness (QED) is 0.138. The largest absolute Gasteiger partial charge is 0.311 e. The second-order valence-corrected chi connectivity index (χ2v) is 13.2. The highest BCUT2D eigenvalue weighted by molar-refractivity contribution is 7.25. The Morgan fingerprint density at radius 1 is 0.596 bits per heavy atom. The van der Waals surface area contributed by atoms with Gasteiger partial charge in [0.2, 0.25) is 0 Å². The summed E-state index contributed by atoms with van der Waals surface area (Å²) in [5.74, 6) is -0.278. The van der Waals surface area contributed by atoms with Gasteiger partial charge >= 0.3 is 0 Å². The van der Waals surface area contributed by atoms with E-state index in [-0.39, 0.29) is 17.1 Å². The number of allylic oxidation sites excluding steroid dienone is 3. The van der Waals surface area contributed by atoms with Gasteiger partial charge in [-0.3, -0.25) is 9.59 Å². The van der Waals surface area contributed by atoms with E-state index in [9.17, 15) is 20.1 Å². The van der Waals surface area contributed by atoms with Crippen LogP contribution in [-0.2, 0) is 0 Å². The molecule has 0 fully saturated rings. The summed E-state index contributed by atoms with van der Waals surface area (Å²) in [5.41, 5.74) is 7.03. The molecule has 0 bridgehead atoms. The zero-order valence-electron chi connectivity index (χ0n) is 24.6. The SMILES string of the molecule is N#CC(C#N)=C1/C(=C/c2cc3c(s2)-c2sc(-c4ccc(N(c5ccccc5)c5ccccc5)cc4)cc2C3=O)C(=O)c2ccccc21. The van der Waals surface area contributed by atoms with Crippen molar-refractivity contribution in [3.63, 3.8) is 0 Å². The van der Waals surface area contributed by atoms with E-state index in [1.54, 1.807) is 41.7 Å². The Balaban J connectivity index is 1.13. The van der Waals surface area contributed by atoms with Crippen LogP contribution in [-0.4, -0.2) is 11.6 Å². The Morgan fingerprint density at radius 3 is 1.79 bits per heavy atom. The first-order chi connectivity index (χ1) is 23.1. The van der Waals surface area contributed by atoms with Crippen LogP contribution >= 0.6 is 22.7 Å². The number of nitriles is 2. The number of thiophene rings is 2. The Morgan fingerprint density at radius 2 is 1.15 bits per heavy atom. The van der Waals surface area contributed by atoms with Crippen LogP contribution in [0.15, 0.2) is 132 Å². The van der Waals surface area contributed by atoms with Crippen molar-refractivity contribution in [2.45, 2.75) is 0 Å². The predicted octanol–water partition coefficient (Wildman–Crippen LogP) is 10.2. The molecule has 0 atom stereocenters. The van der Waals surface area contributed by atoms with Gasteiger partial charge in [-0.1, -0.05) is 72.8 Å². The molecular formula is C40H21N3O2S2. The summed E-state index contributed by atoms with van der Waals surface area (Å²) in [7, 11) is 0. The highest BCUT2D eigenvalue weighted by atomic mass is 32.1. The van der Waals surface area contributed by atoms with Crippen molar-refractivity contribution in [2.24, 2.45) is 0 Å². The highest BCUT2D eigenvalue weighted by Gasteiger charge is 2.35. The number of Topliss-reactive ketones (excluding diaryl/α,β-unsaturated/α-hetero) is 1. The lowest BCUT2D eigenvalue weighted by Gasteiger charge is -2.25. The van der Waals surface area contributed by atoms with E-state index in [0.29, 0.717) is 33.4 Å². The van der Waals surface area contributed by atoms with E-state index >= 15 is 0 Å². The molecule has 0 spiro atoms. The minimum Gasteiger partial charge on any atom is -0.311 e. The molecule has 8 rings (SSSR count). The van der Waals surface area contributed by atoms with Crippen LogP contribution in [0, 0.1) is 22.7 Å². The number of rotatable bonds is 5. The van der Waals surface area contributed by atoms with E-state index < -0.39 is 0 Å². The Kier molecular flexibility index (Phi) is 6.85. The standard InChI is InChI=1S/C40H21N3O2S2/c41-22-25(23-42)36-30-13-7-8-14-31(30)37(44)32(36)19-29-20-33-38(45)34-21-35(47-40(34)39(33)46-29)24-15-17-28(18-16-24)43(26-9-3-1-4-10-26)27-11-5-2-6-12-27/h1-21H/b32-19-. The maximum absolute atomic E-state index is 13.6. The molecule has 47 heavy (non-hydrogen) atoms. The third kappa shape index (κ3) is 4.65. The van der Waals surface area contributed by atoms with Crippen molar-refractivity contribution < 1.29 is 9.59 Å². The first-order valence-corrected chi connectivity index (χ1v) is 16.4. The van der Waals surface area contributed by atoms with Crippen LogP contribution in [0.25, 0.3) is 31.8 Å². The smallest absolute Gasteiger partial charge is 0.196 e. The molecular weight excluding hydrogens is 619 g/mol. The molecule has 0 radical (unpaired) electrons. The van der Waals surface area contributed by atoms with Gasteiger partial charge in [0.25, 0.3) is 0 Å². The number of nitrogens with zero attached hydrogens (tertiary/aromatic N) is 3. The van der Waals surface area contributed by atoms with Crippen molar-refractivity contribution in [1.82, 2.24) is 0 Å². The number of hydrogen-bond acceptors (Lipinski definition) is 7. The molecule has 0 unspecified atom stereocenters. The van der Waals surface area contributed by atoms with Crippen LogP contribution in [0.1, 0.15) is 36.7 Å². The van der Waals surface area contributed by atoms with Crippen LogP contribution < -0.4 is 4.90 Å². The average molecular weight is 640 g/mol. The van der Waals surface area contributed by atoms with Crippen LogP contribution in [0.5, 0.6) is 0 Å². The normalized spacial score (nSPS) is 13.6. The third-order valence-corrected chi connectivity index (χ3v) is 10.8. The topological polar surface area (TPSA) is 85.0 Å². The van der Waals surface area contributed by atoms with Gasteiger partial charge in [-0.2, -0.15) is 10.5 Å². The lowest BCUT2D eigenvalue weighted by Crippen LogP contribution is -2.09. The molecule has 0 aliphatic heterocycles. The first-order valence-electron chi connectivity index (χ1n) is 14.8. The minimum absolute atomic E-state index is 0.0408. The number of carbonyl (C=O) groups excluding carboxylic acids is 2. The number of benzene rings is 4. The molecule has 0 saturated heterocycles.